The Kier molecular flexibility index (Phi) is 5.37. The van der Waals surface area contributed by atoms with Crippen LogP contribution in [0.3, 0.4) is 0 Å². The molecule has 2 heterocycles. The van der Waals surface area contributed by atoms with Crippen molar-refractivity contribution in [2.45, 2.75) is 6.18 Å². The van der Waals surface area contributed by atoms with E-state index in [2.05, 4.69) is 4.98 Å². The summed E-state index contributed by atoms with van der Waals surface area (Å²) in [6.45, 7) is 0. The first-order valence-corrected chi connectivity index (χ1v) is 11.7. The Hall–Kier alpha value is -4.71. The highest BCUT2D eigenvalue weighted by Crippen LogP contribution is 2.41. The molecule has 0 saturated heterocycles. The van der Waals surface area contributed by atoms with Crippen LogP contribution in [0.4, 0.5) is 13.2 Å². The summed E-state index contributed by atoms with van der Waals surface area (Å²) in [6.07, 6.45) is -2.89. The molecular formula is C31H19F3N2O. The molecule has 6 heteroatoms. The highest BCUT2D eigenvalue weighted by atomic mass is 19.4. The van der Waals surface area contributed by atoms with E-state index in [-0.39, 0.29) is 10.8 Å². The highest BCUT2D eigenvalue weighted by molar-refractivity contribution is 6.04. The fourth-order valence-electron chi connectivity index (χ4n) is 4.84. The minimum Gasteiger partial charge on any atom is -0.274 e. The van der Waals surface area contributed by atoms with Gasteiger partial charge in [-0.1, -0.05) is 78.9 Å². The molecule has 37 heavy (non-hydrogen) atoms. The van der Waals surface area contributed by atoms with Gasteiger partial charge in [-0.2, -0.15) is 13.2 Å². The average Bonchev–Trinajstić information content (AvgIpc) is 2.93. The van der Waals surface area contributed by atoms with Crippen molar-refractivity contribution in [3.8, 4) is 28.1 Å². The van der Waals surface area contributed by atoms with Gasteiger partial charge in [-0.15, -0.1) is 0 Å². The van der Waals surface area contributed by atoms with Gasteiger partial charge < -0.3 is 0 Å². The standard InChI is InChI=1S/C31H19F3N2O/c32-31(33,34)23-16-17-24-25(19-23)27(20-9-3-1-4-10-20)29(22-11-5-2-6-12-22)36(30(24)37)26-15-7-13-21-14-8-18-35-28(21)26/h1-19H. The molecule has 180 valence electrons. The molecule has 0 bridgehead atoms. The number of rotatable bonds is 3. The molecule has 6 aromatic rings. The van der Waals surface area contributed by atoms with Crippen molar-refractivity contribution in [1.82, 2.24) is 9.55 Å². The van der Waals surface area contributed by atoms with E-state index in [0.29, 0.717) is 33.6 Å². The van der Waals surface area contributed by atoms with E-state index < -0.39 is 17.3 Å². The second-order valence-electron chi connectivity index (χ2n) is 8.71. The SMILES string of the molecule is O=c1c2ccc(C(F)(F)F)cc2c(-c2ccccc2)c(-c2ccccc2)n1-c1cccc2cccnc12. The monoisotopic (exact) mass is 492 g/mol. The number of hydrogen-bond acceptors (Lipinski definition) is 2. The summed E-state index contributed by atoms with van der Waals surface area (Å²) in [5.74, 6) is 0. The summed E-state index contributed by atoms with van der Waals surface area (Å²) < 4.78 is 43.0. The summed E-state index contributed by atoms with van der Waals surface area (Å²) in [5, 5.41) is 1.29. The molecule has 0 N–H and O–H groups in total. The number of fused-ring (bicyclic) bond motifs is 2. The third-order valence-corrected chi connectivity index (χ3v) is 6.47. The van der Waals surface area contributed by atoms with Crippen molar-refractivity contribution < 1.29 is 13.2 Å². The Bertz CT molecular complexity index is 1820. The summed E-state index contributed by atoms with van der Waals surface area (Å²) in [6, 6.07) is 31.1. The smallest absolute Gasteiger partial charge is 0.274 e. The van der Waals surface area contributed by atoms with E-state index in [1.54, 1.807) is 10.8 Å². The molecule has 0 aliphatic carbocycles. The molecule has 0 amide bonds. The Morgan fingerprint density at radius 2 is 1.35 bits per heavy atom. The molecule has 0 atom stereocenters. The van der Waals surface area contributed by atoms with Gasteiger partial charge in [0.1, 0.15) is 0 Å². The summed E-state index contributed by atoms with van der Waals surface area (Å²) in [4.78, 5) is 18.7. The lowest BCUT2D eigenvalue weighted by Gasteiger charge is -2.22. The van der Waals surface area contributed by atoms with Gasteiger partial charge in [0.15, 0.2) is 0 Å². The van der Waals surface area contributed by atoms with Crippen LogP contribution in [0.15, 0.2) is 120 Å². The van der Waals surface area contributed by atoms with E-state index in [1.165, 1.54) is 6.07 Å². The van der Waals surface area contributed by atoms with E-state index >= 15 is 0 Å². The third-order valence-electron chi connectivity index (χ3n) is 6.47. The number of halogens is 3. The van der Waals surface area contributed by atoms with Crippen LogP contribution in [0.1, 0.15) is 5.56 Å². The van der Waals surface area contributed by atoms with E-state index in [4.69, 9.17) is 0 Å². The maximum atomic E-state index is 14.2. The van der Waals surface area contributed by atoms with Gasteiger partial charge >= 0.3 is 6.18 Å². The molecule has 0 aliphatic heterocycles. The zero-order chi connectivity index (χ0) is 25.6. The van der Waals surface area contributed by atoms with Crippen LogP contribution in [0.5, 0.6) is 0 Å². The molecule has 3 nitrogen and oxygen atoms in total. The molecule has 4 aromatic carbocycles. The van der Waals surface area contributed by atoms with Crippen molar-refractivity contribution in [2.24, 2.45) is 0 Å². The normalized spacial score (nSPS) is 11.8. The lowest BCUT2D eigenvalue weighted by molar-refractivity contribution is -0.137. The van der Waals surface area contributed by atoms with Crippen LogP contribution in [0.25, 0.3) is 49.7 Å². The molecule has 6 rings (SSSR count). The first-order valence-electron chi connectivity index (χ1n) is 11.7. The van der Waals surface area contributed by atoms with Crippen molar-refractivity contribution in [3.63, 3.8) is 0 Å². The Morgan fingerprint density at radius 3 is 2.05 bits per heavy atom. The zero-order valence-corrected chi connectivity index (χ0v) is 19.4. The Morgan fingerprint density at radius 1 is 0.676 bits per heavy atom. The van der Waals surface area contributed by atoms with E-state index in [0.717, 1.165) is 17.5 Å². The number of benzene rings is 4. The average molecular weight is 493 g/mol. The van der Waals surface area contributed by atoms with Gasteiger partial charge in [0.05, 0.1) is 22.5 Å². The summed E-state index contributed by atoms with van der Waals surface area (Å²) >= 11 is 0. The third kappa shape index (κ3) is 3.87. The molecule has 0 spiro atoms. The van der Waals surface area contributed by atoms with E-state index in [1.807, 2.05) is 91.0 Å². The number of para-hydroxylation sites is 1. The largest absolute Gasteiger partial charge is 0.416 e. The predicted octanol–water partition coefficient (Wildman–Crippen LogP) is 7.89. The van der Waals surface area contributed by atoms with Crippen LogP contribution in [-0.4, -0.2) is 9.55 Å². The first-order chi connectivity index (χ1) is 17.9. The predicted molar refractivity (Wildman–Crippen MR) is 141 cm³/mol. The first kappa shape index (κ1) is 22.7. The molecule has 0 radical (unpaired) electrons. The molecule has 0 saturated carbocycles. The summed E-state index contributed by atoms with van der Waals surface area (Å²) in [5.41, 5.74) is 2.40. The van der Waals surface area contributed by atoms with Crippen LogP contribution in [0, 0.1) is 0 Å². The molecule has 0 fully saturated rings. The Labute approximate surface area is 210 Å². The topological polar surface area (TPSA) is 34.9 Å². The summed E-state index contributed by atoms with van der Waals surface area (Å²) in [7, 11) is 0. The lowest BCUT2D eigenvalue weighted by atomic mass is 9.92. The number of alkyl halides is 3. The number of nitrogens with zero attached hydrogens (tertiary/aromatic N) is 2. The zero-order valence-electron chi connectivity index (χ0n) is 19.4. The van der Waals surface area contributed by atoms with Gasteiger partial charge in [-0.05, 0) is 46.8 Å². The molecular weight excluding hydrogens is 473 g/mol. The quantitative estimate of drug-likeness (QED) is 0.252. The van der Waals surface area contributed by atoms with Gasteiger partial charge in [0.25, 0.3) is 5.56 Å². The van der Waals surface area contributed by atoms with Gasteiger partial charge in [0, 0.05) is 22.5 Å². The van der Waals surface area contributed by atoms with Crippen molar-refractivity contribution in [2.75, 3.05) is 0 Å². The maximum Gasteiger partial charge on any atom is 0.416 e. The van der Waals surface area contributed by atoms with Gasteiger partial charge in [0.2, 0.25) is 0 Å². The van der Waals surface area contributed by atoms with Crippen LogP contribution in [-0.2, 0) is 6.18 Å². The highest BCUT2D eigenvalue weighted by Gasteiger charge is 2.32. The van der Waals surface area contributed by atoms with Gasteiger partial charge in [-0.25, -0.2) is 0 Å². The minimum atomic E-state index is -4.55. The second kappa shape index (κ2) is 8.75. The number of hydrogen-bond donors (Lipinski definition) is 0. The van der Waals surface area contributed by atoms with E-state index in [9.17, 15) is 18.0 Å². The van der Waals surface area contributed by atoms with Crippen molar-refractivity contribution in [1.29, 1.82) is 0 Å². The molecule has 2 aromatic heterocycles. The number of aromatic nitrogens is 2. The minimum absolute atomic E-state index is 0.194. The lowest BCUT2D eigenvalue weighted by Crippen LogP contribution is -2.22. The molecule has 0 aliphatic rings. The fraction of sp³-hybridized carbons (Fsp3) is 0.0323. The van der Waals surface area contributed by atoms with Crippen molar-refractivity contribution >= 4 is 21.7 Å². The van der Waals surface area contributed by atoms with Crippen molar-refractivity contribution in [3.05, 3.63) is 131 Å². The number of pyridine rings is 2. The maximum absolute atomic E-state index is 14.2. The second-order valence-corrected chi connectivity index (χ2v) is 8.71. The van der Waals surface area contributed by atoms with Crippen LogP contribution < -0.4 is 5.56 Å². The fourth-order valence-corrected chi connectivity index (χ4v) is 4.84. The van der Waals surface area contributed by atoms with Crippen LogP contribution >= 0.6 is 0 Å². The Balaban J connectivity index is 1.88. The molecule has 0 unspecified atom stereocenters. The van der Waals surface area contributed by atoms with Gasteiger partial charge in [-0.3, -0.25) is 14.3 Å². The van der Waals surface area contributed by atoms with Crippen LogP contribution in [0.2, 0.25) is 0 Å².